The van der Waals surface area contributed by atoms with Crippen LogP contribution < -0.4 is 10.1 Å². The van der Waals surface area contributed by atoms with Gasteiger partial charge in [0.1, 0.15) is 10.8 Å². The Hall–Kier alpha value is -2.66. The van der Waals surface area contributed by atoms with Crippen molar-refractivity contribution >= 4 is 17.2 Å². The molecule has 1 aromatic heterocycles. The van der Waals surface area contributed by atoms with Crippen LogP contribution in [0.3, 0.4) is 0 Å². The second-order valence-corrected chi connectivity index (χ2v) is 6.10. The molecule has 4 nitrogen and oxygen atoms in total. The minimum Gasteiger partial charge on any atom is -0.497 e. The summed E-state index contributed by atoms with van der Waals surface area (Å²) in [5.74, 6) is 0.652. The summed E-state index contributed by atoms with van der Waals surface area (Å²) in [4.78, 5) is 16.7. The van der Waals surface area contributed by atoms with Gasteiger partial charge in [-0.05, 0) is 24.3 Å². The number of amides is 1. The summed E-state index contributed by atoms with van der Waals surface area (Å²) in [5, 5.41) is 5.97. The van der Waals surface area contributed by atoms with Crippen molar-refractivity contribution in [3.8, 4) is 16.3 Å². The van der Waals surface area contributed by atoms with Crippen LogP contribution in [0.4, 0.5) is 0 Å². The van der Waals surface area contributed by atoms with Gasteiger partial charge in [0, 0.05) is 29.5 Å². The number of hydrogen-bond acceptors (Lipinski definition) is 4. The van der Waals surface area contributed by atoms with Crippen LogP contribution in [-0.2, 0) is 6.42 Å². The van der Waals surface area contributed by atoms with Gasteiger partial charge in [-0.25, -0.2) is 4.98 Å². The van der Waals surface area contributed by atoms with Crippen LogP contribution in [0, 0.1) is 0 Å². The zero-order valence-electron chi connectivity index (χ0n) is 13.4. The normalized spacial score (nSPS) is 10.4. The second-order valence-electron chi connectivity index (χ2n) is 5.24. The van der Waals surface area contributed by atoms with Crippen molar-refractivity contribution in [1.29, 1.82) is 0 Å². The highest BCUT2D eigenvalue weighted by molar-refractivity contribution is 7.13. The Morgan fingerprint density at radius 3 is 2.58 bits per heavy atom. The summed E-state index contributed by atoms with van der Waals surface area (Å²) >= 11 is 1.62. The van der Waals surface area contributed by atoms with Crippen molar-refractivity contribution < 1.29 is 9.53 Å². The molecular formula is C19H18N2O2S. The minimum absolute atomic E-state index is 0.0869. The van der Waals surface area contributed by atoms with E-state index >= 15 is 0 Å². The number of rotatable bonds is 6. The van der Waals surface area contributed by atoms with Crippen molar-refractivity contribution in [2.24, 2.45) is 0 Å². The van der Waals surface area contributed by atoms with Crippen LogP contribution in [0.5, 0.6) is 5.75 Å². The summed E-state index contributed by atoms with van der Waals surface area (Å²) in [7, 11) is 1.60. The average Bonchev–Trinajstić information content (AvgIpc) is 3.11. The molecule has 122 valence electrons. The molecule has 0 unspecified atom stereocenters. The lowest BCUT2D eigenvalue weighted by atomic mass is 10.2. The molecule has 5 heteroatoms. The highest BCUT2D eigenvalue weighted by Gasteiger charge is 2.07. The number of nitrogens with one attached hydrogen (secondary N) is 1. The van der Waals surface area contributed by atoms with Crippen molar-refractivity contribution in [3.63, 3.8) is 0 Å². The van der Waals surface area contributed by atoms with Crippen LogP contribution in [0.25, 0.3) is 10.6 Å². The van der Waals surface area contributed by atoms with Gasteiger partial charge in [-0.3, -0.25) is 4.79 Å². The summed E-state index contributed by atoms with van der Waals surface area (Å²) in [6.07, 6.45) is 0.714. The van der Waals surface area contributed by atoms with E-state index in [1.807, 2.05) is 35.7 Å². The number of carbonyl (C=O) groups excluding carboxylic acids is 1. The van der Waals surface area contributed by atoms with E-state index in [9.17, 15) is 4.79 Å². The number of thiazole rings is 1. The number of aromatic nitrogens is 1. The van der Waals surface area contributed by atoms with Gasteiger partial charge in [-0.15, -0.1) is 11.3 Å². The predicted octanol–water partition coefficient (Wildman–Crippen LogP) is 3.79. The number of carbonyl (C=O) groups is 1. The van der Waals surface area contributed by atoms with Gasteiger partial charge in [0.25, 0.3) is 5.91 Å². The Balaban J connectivity index is 1.53. The first-order valence-electron chi connectivity index (χ1n) is 7.68. The summed E-state index contributed by atoms with van der Waals surface area (Å²) in [5.41, 5.74) is 2.74. The SMILES string of the molecule is COc1ccc(C(=O)NCCc2csc(-c3ccccc3)n2)cc1. The van der Waals surface area contributed by atoms with E-state index in [-0.39, 0.29) is 5.91 Å². The van der Waals surface area contributed by atoms with E-state index in [4.69, 9.17) is 4.74 Å². The molecule has 0 aliphatic carbocycles. The third kappa shape index (κ3) is 4.00. The van der Waals surface area contributed by atoms with E-state index in [1.165, 1.54) is 0 Å². The first-order chi connectivity index (χ1) is 11.8. The van der Waals surface area contributed by atoms with Crippen molar-refractivity contribution in [3.05, 3.63) is 71.2 Å². The first-order valence-corrected chi connectivity index (χ1v) is 8.56. The Morgan fingerprint density at radius 1 is 1.12 bits per heavy atom. The molecule has 0 atom stereocenters. The fourth-order valence-electron chi connectivity index (χ4n) is 2.28. The second kappa shape index (κ2) is 7.75. The van der Waals surface area contributed by atoms with Gasteiger partial charge in [-0.1, -0.05) is 30.3 Å². The highest BCUT2D eigenvalue weighted by Crippen LogP contribution is 2.23. The molecule has 0 spiro atoms. The molecule has 0 aliphatic heterocycles. The van der Waals surface area contributed by atoms with Gasteiger partial charge in [-0.2, -0.15) is 0 Å². The molecule has 0 bridgehead atoms. The summed E-state index contributed by atoms with van der Waals surface area (Å²) < 4.78 is 5.09. The van der Waals surface area contributed by atoms with Crippen molar-refractivity contribution in [2.75, 3.05) is 13.7 Å². The van der Waals surface area contributed by atoms with Gasteiger partial charge in [0.2, 0.25) is 0 Å². The lowest BCUT2D eigenvalue weighted by Crippen LogP contribution is -2.25. The molecule has 1 heterocycles. The van der Waals surface area contributed by atoms with Gasteiger partial charge >= 0.3 is 0 Å². The average molecular weight is 338 g/mol. The largest absolute Gasteiger partial charge is 0.497 e. The number of ether oxygens (including phenoxy) is 1. The zero-order valence-corrected chi connectivity index (χ0v) is 14.2. The van der Waals surface area contributed by atoms with Gasteiger partial charge in [0.15, 0.2) is 0 Å². The van der Waals surface area contributed by atoms with Crippen LogP contribution >= 0.6 is 11.3 Å². The Morgan fingerprint density at radius 2 is 1.88 bits per heavy atom. The molecule has 24 heavy (non-hydrogen) atoms. The minimum atomic E-state index is -0.0869. The maximum atomic E-state index is 12.1. The highest BCUT2D eigenvalue weighted by atomic mass is 32.1. The van der Waals surface area contributed by atoms with Crippen LogP contribution in [0.1, 0.15) is 16.1 Å². The van der Waals surface area contributed by atoms with E-state index in [2.05, 4.69) is 10.3 Å². The molecule has 1 N–H and O–H groups in total. The Kier molecular flexibility index (Phi) is 5.23. The monoisotopic (exact) mass is 338 g/mol. The Labute approximate surface area is 145 Å². The molecule has 3 rings (SSSR count). The predicted molar refractivity (Wildman–Crippen MR) is 96.6 cm³/mol. The molecule has 1 amide bonds. The zero-order chi connectivity index (χ0) is 16.8. The molecular weight excluding hydrogens is 320 g/mol. The molecule has 0 fully saturated rings. The molecule has 0 saturated carbocycles. The molecule has 0 saturated heterocycles. The molecule has 2 aromatic carbocycles. The van der Waals surface area contributed by atoms with E-state index in [0.29, 0.717) is 18.5 Å². The van der Waals surface area contributed by atoms with Gasteiger partial charge in [0.05, 0.1) is 12.8 Å². The molecule has 0 radical (unpaired) electrons. The fourth-order valence-corrected chi connectivity index (χ4v) is 3.14. The topological polar surface area (TPSA) is 51.2 Å². The maximum Gasteiger partial charge on any atom is 0.251 e. The fraction of sp³-hybridized carbons (Fsp3) is 0.158. The molecule has 0 aliphatic rings. The van der Waals surface area contributed by atoms with Crippen LogP contribution in [0.15, 0.2) is 60.0 Å². The number of benzene rings is 2. The van der Waals surface area contributed by atoms with Gasteiger partial charge < -0.3 is 10.1 Å². The Bertz CT molecular complexity index is 798. The van der Waals surface area contributed by atoms with Crippen LogP contribution in [0.2, 0.25) is 0 Å². The van der Waals surface area contributed by atoms with E-state index in [1.54, 1.807) is 42.7 Å². The van der Waals surface area contributed by atoms with E-state index in [0.717, 1.165) is 22.0 Å². The lowest BCUT2D eigenvalue weighted by Gasteiger charge is -2.05. The van der Waals surface area contributed by atoms with Crippen LogP contribution in [-0.4, -0.2) is 24.5 Å². The number of nitrogens with zero attached hydrogens (tertiary/aromatic N) is 1. The first kappa shape index (κ1) is 16.2. The quantitative estimate of drug-likeness (QED) is 0.744. The smallest absolute Gasteiger partial charge is 0.251 e. The van der Waals surface area contributed by atoms with Crippen molar-refractivity contribution in [1.82, 2.24) is 10.3 Å². The van der Waals surface area contributed by atoms with E-state index < -0.39 is 0 Å². The molecule has 3 aromatic rings. The standard InChI is InChI=1S/C19H18N2O2S/c1-23-17-9-7-14(8-10-17)18(22)20-12-11-16-13-24-19(21-16)15-5-3-2-4-6-15/h2-10,13H,11-12H2,1H3,(H,20,22). The summed E-state index contributed by atoms with van der Waals surface area (Å²) in [6.45, 7) is 0.558. The van der Waals surface area contributed by atoms with Crippen molar-refractivity contribution in [2.45, 2.75) is 6.42 Å². The number of hydrogen-bond donors (Lipinski definition) is 1. The number of methoxy groups -OCH3 is 1. The summed E-state index contributed by atoms with van der Waals surface area (Å²) in [6, 6.07) is 17.2. The third-order valence-corrected chi connectivity index (χ3v) is 4.53. The third-order valence-electron chi connectivity index (χ3n) is 3.59. The maximum absolute atomic E-state index is 12.1. The lowest BCUT2D eigenvalue weighted by molar-refractivity contribution is 0.0954.